The first-order chi connectivity index (χ1) is 11.9. The van der Waals surface area contributed by atoms with Gasteiger partial charge in [0.15, 0.2) is 5.82 Å². The number of nitrogens with zero attached hydrogens (tertiary/aromatic N) is 5. The second-order valence-electron chi connectivity index (χ2n) is 6.23. The van der Waals surface area contributed by atoms with E-state index in [2.05, 4.69) is 20.0 Å². The first-order valence-corrected chi connectivity index (χ1v) is 8.83. The van der Waals surface area contributed by atoms with Gasteiger partial charge >= 0.3 is 0 Å². The van der Waals surface area contributed by atoms with Crippen LogP contribution in [0, 0.1) is 20.8 Å². The van der Waals surface area contributed by atoms with Crippen LogP contribution in [0.25, 0.3) is 5.82 Å². The molecule has 0 fully saturated rings. The summed E-state index contributed by atoms with van der Waals surface area (Å²) < 4.78 is 1.90. The molecule has 0 amide bonds. The summed E-state index contributed by atoms with van der Waals surface area (Å²) in [6.45, 7) is 6.71. The number of hydrogen-bond acceptors (Lipinski definition) is 4. The Morgan fingerprint density at radius 2 is 1.76 bits per heavy atom. The molecule has 7 heteroatoms. The lowest BCUT2D eigenvalue weighted by atomic mass is 10.2. The molecule has 0 saturated carbocycles. The van der Waals surface area contributed by atoms with Gasteiger partial charge in [0.25, 0.3) is 0 Å². The zero-order chi connectivity index (χ0) is 17.7. The number of aryl methyl sites for hydroxylation is 3. The second-order valence-corrected chi connectivity index (χ2v) is 7.08. The van der Waals surface area contributed by atoms with Gasteiger partial charge in [-0.2, -0.15) is 5.10 Å². The van der Waals surface area contributed by atoms with Crippen LogP contribution in [0.15, 0.2) is 24.3 Å². The Labute approximate surface area is 156 Å². The first-order valence-electron chi connectivity index (χ1n) is 8.08. The molecule has 25 heavy (non-hydrogen) atoms. The smallest absolute Gasteiger partial charge is 0.162 e. The zero-order valence-corrected chi connectivity index (χ0v) is 15.7. The maximum Gasteiger partial charge on any atom is 0.162 e. The quantitative estimate of drug-likeness (QED) is 0.658. The highest BCUT2D eigenvalue weighted by Gasteiger charge is 2.28. The van der Waals surface area contributed by atoms with E-state index in [9.17, 15) is 0 Å². The molecule has 128 valence electrons. The second kappa shape index (κ2) is 6.00. The summed E-state index contributed by atoms with van der Waals surface area (Å²) >= 11 is 12.4. The van der Waals surface area contributed by atoms with Crippen molar-refractivity contribution in [3.8, 4) is 5.82 Å². The van der Waals surface area contributed by atoms with Crippen molar-refractivity contribution < 1.29 is 0 Å². The normalized spacial score (nSPS) is 13.4. The number of benzene rings is 1. The van der Waals surface area contributed by atoms with E-state index in [-0.39, 0.29) is 0 Å². The van der Waals surface area contributed by atoms with Crippen molar-refractivity contribution in [2.24, 2.45) is 0 Å². The molecular weight excluding hydrogens is 357 g/mol. The van der Waals surface area contributed by atoms with E-state index in [0.29, 0.717) is 15.9 Å². The molecular formula is C18H17Cl2N5. The first kappa shape index (κ1) is 16.4. The molecule has 0 radical (unpaired) electrons. The highest BCUT2D eigenvalue weighted by Crippen LogP contribution is 2.39. The predicted molar refractivity (Wildman–Crippen MR) is 101 cm³/mol. The van der Waals surface area contributed by atoms with Gasteiger partial charge in [-0.25, -0.2) is 14.6 Å². The molecule has 0 saturated heterocycles. The maximum absolute atomic E-state index is 6.41. The molecule has 2 aromatic heterocycles. The summed E-state index contributed by atoms with van der Waals surface area (Å²) in [5.74, 6) is 2.44. The molecule has 0 unspecified atom stereocenters. The monoisotopic (exact) mass is 373 g/mol. The van der Waals surface area contributed by atoms with Crippen molar-refractivity contribution in [2.75, 3.05) is 11.4 Å². The molecule has 0 bridgehead atoms. The summed E-state index contributed by atoms with van der Waals surface area (Å²) in [4.78, 5) is 11.5. The van der Waals surface area contributed by atoms with Crippen molar-refractivity contribution in [1.29, 1.82) is 0 Å². The van der Waals surface area contributed by atoms with Gasteiger partial charge in [0.05, 0.1) is 16.4 Å². The van der Waals surface area contributed by atoms with Crippen molar-refractivity contribution in [2.45, 2.75) is 27.2 Å². The molecule has 1 aliphatic rings. The zero-order valence-electron chi connectivity index (χ0n) is 14.2. The van der Waals surface area contributed by atoms with Crippen LogP contribution in [-0.2, 0) is 6.42 Å². The van der Waals surface area contributed by atoms with Crippen LogP contribution in [-0.4, -0.2) is 26.3 Å². The van der Waals surface area contributed by atoms with E-state index in [1.54, 1.807) is 6.07 Å². The van der Waals surface area contributed by atoms with Crippen molar-refractivity contribution in [3.63, 3.8) is 0 Å². The third-order valence-electron chi connectivity index (χ3n) is 4.33. The lowest BCUT2D eigenvalue weighted by Crippen LogP contribution is -2.15. The molecule has 5 nitrogen and oxygen atoms in total. The van der Waals surface area contributed by atoms with Gasteiger partial charge in [0.1, 0.15) is 11.6 Å². The fourth-order valence-corrected chi connectivity index (χ4v) is 3.81. The molecule has 0 spiro atoms. The van der Waals surface area contributed by atoms with Crippen molar-refractivity contribution in [3.05, 3.63) is 57.1 Å². The predicted octanol–water partition coefficient (Wildman–Crippen LogP) is 4.59. The van der Waals surface area contributed by atoms with Gasteiger partial charge in [0.2, 0.25) is 0 Å². The Balaban J connectivity index is 1.87. The number of hydrogen-bond donors (Lipinski definition) is 0. The number of anilines is 2. The third-order valence-corrected chi connectivity index (χ3v) is 4.86. The minimum absolute atomic E-state index is 0.615. The Morgan fingerprint density at radius 3 is 2.44 bits per heavy atom. The molecule has 1 aliphatic heterocycles. The van der Waals surface area contributed by atoms with Gasteiger partial charge in [-0.05, 0) is 51.5 Å². The van der Waals surface area contributed by atoms with Gasteiger partial charge in [0, 0.05) is 22.8 Å². The van der Waals surface area contributed by atoms with Crippen LogP contribution in [0.1, 0.15) is 22.8 Å². The number of aromatic nitrogens is 4. The number of fused-ring (bicyclic) bond motifs is 1. The van der Waals surface area contributed by atoms with Crippen LogP contribution < -0.4 is 4.90 Å². The average molecular weight is 374 g/mol. The van der Waals surface area contributed by atoms with Gasteiger partial charge in [-0.15, -0.1) is 0 Å². The lowest BCUT2D eigenvalue weighted by Gasteiger charge is -2.20. The highest BCUT2D eigenvalue weighted by molar-refractivity contribution is 6.36. The number of halogens is 2. The summed E-state index contributed by atoms with van der Waals surface area (Å²) in [5, 5.41) is 5.83. The van der Waals surface area contributed by atoms with Gasteiger partial charge in [-0.1, -0.05) is 23.2 Å². The Kier molecular flexibility index (Phi) is 3.93. The summed E-state index contributed by atoms with van der Waals surface area (Å²) in [6.07, 6.45) is 0.836. The van der Waals surface area contributed by atoms with Crippen molar-refractivity contribution in [1.82, 2.24) is 19.7 Å². The molecule has 3 aromatic rings. The van der Waals surface area contributed by atoms with Crippen LogP contribution in [0.5, 0.6) is 0 Å². The Morgan fingerprint density at radius 1 is 1.00 bits per heavy atom. The van der Waals surface area contributed by atoms with Crippen LogP contribution in [0.4, 0.5) is 11.5 Å². The fourth-order valence-electron chi connectivity index (χ4n) is 3.30. The molecule has 1 aromatic carbocycles. The standard InChI is InChI=1S/C18H17Cl2N5/c1-10-8-11(2)25(23-10)18-14-6-7-24(17(14)21-12(3)22-18)16-5-4-13(19)9-15(16)20/h4-5,8-9H,6-7H2,1-3H3. The van der Waals surface area contributed by atoms with Crippen molar-refractivity contribution >= 4 is 34.7 Å². The number of rotatable bonds is 2. The van der Waals surface area contributed by atoms with E-state index in [4.69, 9.17) is 23.2 Å². The average Bonchev–Trinajstić information content (AvgIpc) is 3.10. The largest absolute Gasteiger partial charge is 0.324 e. The topological polar surface area (TPSA) is 46.8 Å². The van der Waals surface area contributed by atoms with Crippen LogP contribution >= 0.6 is 23.2 Å². The minimum Gasteiger partial charge on any atom is -0.324 e. The molecule has 0 atom stereocenters. The van der Waals surface area contributed by atoms with E-state index >= 15 is 0 Å². The van der Waals surface area contributed by atoms with E-state index in [1.165, 1.54) is 0 Å². The molecule has 4 rings (SSSR count). The SMILES string of the molecule is Cc1cc(C)n(-c2nc(C)nc3c2CCN3c2ccc(Cl)cc2Cl)n1. The van der Waals surface area contributed by atoms with E-state index in [1.807, 2.05) is 43.7 Å². The highest BCUT2D eigenvalue weighted by atomic mass is 35.5. The summed E-state index contributed by atoms with van der Waals surface area (Å²) in [5.41, 5.74) is 4.02. The lowest BCUT2D eigenvalue weighted by molar-refractivity contribution is 0.783. The summed E-state index contributed by atoms with van der Waals surface area (Å²) in [7, 11) is 0. The Bertz CT molecular complexity index is 980. The van der Waals surface area contributed by atoms with Gasteiger partial charge < -0.3 is 4.90 Å². The third kappa shape index (κ3) is 2.77. The van der Waals surface area contributed by atoms with E-state index in [0.717, 1.165) is 47.2 Å². The van der Waals surface area contributed by atoms with Crippen LogP contribution in [0.2, 0.25) is 10.0 Å². The van der Waals surface area contributed by atoms with E-state index < -0.39 is 0 Å². The Hall–Kier alpha value is -2.11. The molecule has 0 aliphatic carbocycles. The minimum atomic E-state index is 0.615. The molecule has 3 heterocycles. The fraction of sp³-hybridized carbons (Fsp3) is 0.278. The maximum atomic E-state index is 6.41. The van der Waals surface area contributed by atoms with Gasteiger partial charge in [-0.3, -0.25) is 0 Å². The summed E-state index contributed by atoms with van der Waals surface area (Å²) in [6, 6.07) is 7.58. The molecule has 0 N–H and O–H groups in total. The van der Waals surface area contributed by atoms with Crippen LogP contribution in [0.3, 0.4) is 0 Å².